The Hall–Kier alpha value is -0.360. The lowest BCUT2D eigenvalue weighted by molar-refractivity contribution is -0.121. The second-order valence-electron chi connectivity index (χ2n) is 5.28. The topological polar surface area (TPSA) is 58.2 Å². The van der Waals surface area contributed by atoms with E-state index in [4.69, 9.17) is 0 Å². The summed E-state index contributed by atoms with van der Waals surface area (Å²) in [5.41, 5.74) is 0. The summed E-state index contributed by atoms with van der Waals surface area (Å²) in [5, 5.41) is 5.65. The first kappa shape index (κ1) is 18.6. The van der Waals surface area contributed by atoms with Crippen LogP contribution in [0.2, 0.25) is 0 Å². The molecule has 0 aliphatic rings. The van der Waals surface area contributed by atoms with Crippen LogP contribution in [-0.4, -0.2) is 34.9 Å². The van der Waals surface area contributed by atoms with Crippen molar-refractivity contribution < 1.29 is 9.59 Å². The van der Waals surface area contributed by atoms with E-state index in [0.29, 0.717) is 18.7 Å². The van der Waals surface area contributed by atoms with Gasteiger partial charge in [-0.25, -0.2) is 0 Å². The first-order valence-electron chi connectivity index (χ1n) is 6.63. The lowest BCUT2D eigenvalue weighted by Crippen LogP contribution is -2.31. The van der Waals surface area contributed by atoms with Gasteiger partial charge in [0.1, 0.15) is 0 Å². The highest BCUT2D eigenvalue weighted by Crippen LogP contribution is 2.38. The zero-order valence-electron chi connectivity index (χ0n) is 12.5. The average Bonchev–Trinajstić information content (AvgIpc) is 2.25. The van der Waals surface area contributed by atoms with Crippen LogP contribution in [0.25, 0.3) is 0 Å². The van der Waals surface area contributed by atoms with Crippen LogP contribution in [0.15, 0.2) is 0 Å². The fourth-order valence-corrected chi connectivity index (χ4v) is 3.81. The van der Waals surface area contributed by atoms with Gasteiger partial charge in [0.15, 0.2) is 0 Å². The van der Waals surface area contributed by atoms with Crippen LogP contribution >= 0.6 is 21.6 Å². The van der Waals surface area contributed by atoms with Crippen LogP contribution in [0, 0.1) is 0 Å². The normalized spacial score (nSPS) is 11.5. The number of amides is 2. The number of hydrogen-bond donors (Lipinski definition) is 2. The van der Waals surface area contributed by atoms with Gasteiger partial charge >= 0.3 is 0 Å². The molecule has 0 heterocycles. The molecule has 0 rings (SSSR count). The monoisotopic (exact) mass is 306 g/mol. The molecule has 0 atom stereocenters. The van der Waals surface area contributed by atoms with E-state index in [1.165, 1.54) is 0 Å². The van der Waals surface area contributed by atoms with Crippen molar-refractivity contribution in [2.24, 2.45) is 0 Å². The van der Waals surface area contributed by atoms with Gasteiger partial charge in [-0.15, -0.1) is 0 Å². The maximum absolute atomic E-state index is 11.5. The number of hydrogen-bond acceptors (Lipinski definition) is 4. The molecule has 0 saturated carbocycles. The predicted octanol–water partition coefficient (Wildman–Crippen LogP) is 2.59. The van der Waals surface area contributed by atoms with Crippen LogP contribution in [0.3, 0.4) is 0 Å². The summed E-state index contributed by atoms with van der Waals surface area (Å²) in [4.78, 5) is 22.9. The van der Waals surface area contributed by atoms with E-state index in [2.05, 4.69) is 24.5 Å². The van der Waals surface area contributed by atoms with Gasteiger partial charge in [-0.1, -0.05) is 21.6 Å². The summed E-state index contributed by atoms with van der Waals surface area (Å²) >= 11 is 0. The summed E-state index contributed by atoms with van der Waals surface area (Å²) in [6, 6.07) is 0.184. The van der Waals surface area contributed by atoms with Gasteiger partial charge in [0.25, 0.3) is 0 Å². The molecular formula is C13H26N2O2S2. The van der Waals surface area contributed by atoms with Gasteiger partial charge < -0.3 is 10.6 Å². The molecule has 0 aliphatic carbocycles. The zero-order chi connectivity index (χ0) is 14.9. The lowest BCUT2D eigenvalue weighted by atomic mass is 10.1. The molecule has 0 unspecified atom stereocenters. The third kappa shape index (κ3) is 11.2. The molecule has 0 spiro atoms. The van der Waals surface area contributed by atoms with Gasteiger partial charge in [0.2, 0.25) is 11.8 Å². The van der Waals surface area contributed by atoms with Gasteiger partial charge in [-0.3, -0.25) is 9.59 Å². The van der Waals surface area contributed by atoms with Crippen LogP contribution in [0.5, 0.6) is 0 Å². The molecule has 2 amide bonds. The highest BCUT2D eigenvalue weighted by molar-refractivity contribution is 8.77. The molecule has 0 aromatic heterocycles. The molecule has 0 aliphatic heterocycles. The molecule has 112 valence electrons. The molecule has 0 fully saturated rings. The molecule has 0 saturated heterocycles. The van der Waals surface area contributed by atoms with Crippen LogP contribution < -0.4 is 10.6 Å². The first-order valence-corrected chi connectivity index (χ1v) is 8.95. The molecule has 0 bridgehead atoms. The van der Waals surface area contributed by atoms with Crippen molar-refractivity contribution in [3.63, 3.8) is 0 Å². The lowest BCUT2D eigenvalue weighted by Gasteiger charge is -2.22. The highest BCUT2D eigenvalue weighted by Gasteiger charge is 2.20. The van der Waals surface area contributed by atoms with Crippen LogP contribution in [0.1, 0.15) is 47.5 Å². The molecule has 0 radical (unpaired) electrons. The third-order valence-electron chi connectivity index (χ3n) is 2.25. The molecule has 0 aromatic rings. The number of carbonyl (C=O) groups excluding carboxylic acids is 2. The SMILES string of the molecule is CCNC(=O)CCC(C)(C)SSCC(=O)NC(C)C. The Morgan fingerprint density at radius 1 is 1.21 bits per heavy atom. The van der Waals surface area contributed by atoms with Crippen molar-refractivity contribution in [2.45, 2.75) is 58.2 Å². The standard InChI is InChI=1S/C13H26N2O2S2/c1-6-14-11(16)7-8-13(4,5)19-18-9-12(17)15-10(2)3/h10H,6-9H2,1-5H3,(H,14,16)(H,15,17). The van der Waals surface area contributed by atoms with E-state index in [0.717, 1.165) is 6.42 Å². The van der Waals surface area contributed by atoms with E-state index >= 15 is 0 Å². The highest BCUT2D eigenvalue weighted by atomic mass is 33.1. The maximum atomic E-state index is 11.5. The van der Waals surface area contributed by atoms with Crippen molar-refractivity contribution in [1.29, 1.82) is 0 Å². The second kappa shape index (κ2) is 9.53. The fraction of sp³-hybridized carbons (Fsp3) is 0.846. The Morgan fingerprint density at radius 3 is 2.37 bits per heavy atom. The third-order valence-corrected chi connectivity index (χ3v) is 5.47. The second-order valence-corrected chi connectivity index (χ2v) is 8.28. The van der Waals surface area contributed by atoms with E-state index < -0.39 is 0 Å². The quantitative estimate of drug-likeness (QED) is 0.643. The van der Waals surface area contributed by atoms with Gasteiger partial charge in [-0.05, 0) is 41.0 Å². The Bertz CT molecular complexity index is 294. The predicted molar refractivity (Wildman–Crippen MR) is 85.3 cm³/mol. The number of nitrogens with one attached hydrogen (secondary N) is 2. The van der Waals surface area contributed by atoms with Crippen LogP contribution in [-0.2, 0) is 9.59 Å². The molecule has 0 aromatic carbocycles. The smallest absolute Gasteiger partial charge is 0.231 e. The van der Waals surface area contributed by atoms with E-state index in [9.17, 15) is 9.59 Å². The van der Waals surface area contributed by atoms with Crippen molar-refractivity contribution in [2.75, 3.05) is 12.3 Å². The van der Waals surface area contributed by atoms with Crippen molar-refractivity contribution in [3.05, 3.63) is 0 Å². The molecule has 2 N–H and O–H groups in total. The molecule has 4 nitrogen and oxygen atoms in total. The molecule has 6 heteroatoms. The summed E-state index contributed by atoms with van der Waals surface area (Å²) in [5.74, 6) is 0.610. The van der Waals surface area contributed by atoms with Gasteiger partial charge in [0, 0.05) is 23.8 Å². The Morgan fingerprint density at radius 2 is 1.84 bits per heavy atom. The summed E-state index contributed by atoms with van der Waals surface area (Å²) in [6.45, 7) is 10.7. The van der Waals surface area contributed by atoms with E-state index in [1.807, 2.05) is 20.8 Å². The Balaban J connectivity index is 3.84. The zero-order valence-corrected chi connectivity index (χ0v) is 14.2. The maximum Gasteiger partial charge on any atom is 0.231 e. The van der Waals surface area contributed by atoms with Crippen LogP contribution in [0.4, 0.5) is 0 Å². The van der Waals surface area contributed by atoms with Gasteiger partial charge in [-0.2, -0.15) is 0 Å². The van der Waals surface area contributed by atoms with Crippen molar-refractivity contribution >= 4 is 33.4 Å². The molecule has 19 heavy (non-hydrogen) atoms. The average molecular weight is 306 g/mol. The molecular weight excluding hydrogens is 280 g/mol. The van der Waals surface area contributed by atoms with Gasteiger partial charge in [0.05, 0.1) is 5.75 Å². The minimum atomic E-state index is -0.00609. The summed E-state index contributed by atoms with van der Waals surface area (Å²) in [7, 11) is 3.22. The number of rotatable bonds is 9. The fourth-order valence-electron chi connectivity index (χ4n) is 1.35. The minimum absolute atomic E-state index is 0.00609. The van der Waals surface area contributed by atoms with E-state index in [-0.39, 0.29) is 22.6 Å². The number of carbonyl (C=O) groups is 2. The largest absolute Gasteiger partial charge is 0.356 e. The van der Waals surface area contributed by atoms with Crippen molar-refractivity contribution in [1.82, 2.24) is 10.6 Å². The Labute approximate surface area is 124 Å². The van der Waals surface area contributed by atoms with Crippen molar-refractivity contribution in [3.8, 4) is 0 Å². The van der Waals surface area contributed by atoms with E-state index in [1.54, 1.807) is 21.6 Å². The summed E-state index contributed by atoms with van der Waals surface area (Å²) < 4.78 is -0.00609. The minimum Gasteiger partial charge on any atom is -0.356 e. The first-order chi connectivity index (χ1) is 8.76. The Kier molecular flexibility index (Phi) is 9.35. The summed E-state index contributed by atoms with van der Waals surface area (Å²) in [6.07, 6.45) is 1.34.